The number of rotatable bonds is 8. The van der Waals surface area contributed by atoms with Gasteiger partial charge in [0.25, 0.3) is 5.91 Å². The van der Waals surface area contributed by atoms with Gasteiger partial charge >= 0.3 is 6.18 Å². The molecule has 4 nitrogen and oxygen atoms in total. The van der Waals surface area contributed by atoms with Crippen LogP contribution in [0, 0.1) is 0 Å². The third-order valence-corrected chi connectivity index (χ3v) is 3.21. The fraction of sp³-hybridized carbons (Fsp3) is 0.278. The summed E-state index contributed by atoms with van der Waals surface area (Å²) in [7, 11) is 0. The van der Waals surface area contributed by atoms with Gasteiger partial charge in [-0.1, -0.05) is 18.2 Å². The molecule has 0 atom stereocenters. The standard InChI is InChI=1S/C18H18F3NO3/c19-18(20,21)14-7-9-16(10-8-14)25-13-17(23)22-11-4-12-24-15-5-2-1-3-6-15/h1-3,5-10H,4,11-13H2,(H,22,23). The molecule has 0 aliphatic carbocycles. The number of hydrogen-bond acceptors (Lipinski definition) is 3. The van der Waals surface area contributed by atoms with Crippen molar-refractivity contribution < 1.29 is 27.4 Å². The summed E-state index contributed by atoms with van der Waals surface area (Å²) in [6.07, 6.45) is -3.77. The molecule has 0 bridgehead atoms. The van der Waals surface area contributed by atoms with Gasteiger partial charge in [0.15, 0.2) is 6.61 Å². The second-order valence-corrected chi connectivity index (χ2v) is 5.18. The van der Waals surface area contributed by atoms with Crippen LogP contribution in [0.4, 0.5) is 13.2 Å². The smallest absolute Gasteiger partial charge is 0.416 e. The molecule has 2 aromatic rings. The maximum Gasteiger partial charge on any atom is 0.416 e. The van der Waals surface area contributed by atoms with Gasteiger partial charge < -0.3 is 14.8 Å². The van der Waals surface area contributed by atoms with Gasteiger partial charge in [0.1, 0.15) is 11.5 Å². The third kappa shape index (κ3) is 6.74. The quantitative estimate of drug-likeness (QED) is 0.737. The largest absolute Gasteiger partial charge is 0.494 e. The normalized spacial score (nSPS) is 11.0. The minimum absolute atomic E-state index is 0.204. The number of nitrogens with one attached hydrogen (secondary N) is 1. The predicted molar refractivity (Wildman–Crippen MR) is 86.5 cm³/mol. The van der Waals surface area contributed by atoms with Crippen molar-refractivity contribution in [1.82, 2.24) is 5.32 Å². The lowest BCUT2D eigenvalue weighted by molar-refractivity contribution is -0.137. The number of benzene rings is 2. The molecule has 1 N–H and O–H groups in total. The van der Waals surface area contributed by atoms with Crippen LogP contribution in [0.1, 0.15) is 12.0 Å². The van der Waals surface area contributed by atoms with Gasteiger partial charge in [0.05, 0.1) is 12.2 Å². The van der Waals surface area contributed by atoms with E-state index in [2.05, 4.69) is 5.32 Å². The Kier molecular flexibility index (Phi) is 6.68. The van der Waals surface area contributed by atoms with E-state index in [1.165, 1.54) is 12.1 Å². The molecule has 0 unspecified atom stereocenters. The highest BCUT2D eigenvalue weighted by Crippen LogP contribution is 2.30. The molecule has 2 rings (SSSR count). The first-order valence-corrected chi connectivity index (χ1v) is 7.70. The summed E-state index contributed by atoms with van der Waals surface area (Å²) in [6, 6.07) is 13.5. The Hall–Kier alpha value is -2.70. The lowest BCUT2D eigenvalue weighted by Crippen LogP contribution is -2.30. The van der Waals surface area contributed by atoms with Crippen molar-refractivity contribution in [3.8, 4) is 11.5 Å². The Morgan fingerprint density at radius 2 is 1.56 bits per heavy atom. The van der Waals surface area contributed by atoms with Crippen molar-refractivity contribution in [2.75, 3.05) is 19.8 Å². The number of halogens is 3. The first-order chi connectivity index (χ1) is 11.9. The third-order valence-electron chi connectivity index (χ3n) is 3.21. The Balaban J connectivity index is 1.61. The van der Waals surface area contributed by atoms with E-state index in [1.54, 1.807) is 0 Å². The maximum atomic E-state index is 12.4. The summed E-state index contributed by atoms with van der Waals surface area (Å²) < 4.78 is 47.9. The molecular formula is C18H18F3NO3. The Bertz CT molecular complexity index is 658. The van der Waals surface area contributed by atoms with Crippen LogP contribution < -0.4 is 14.8 Å². The van der Waals surface area contributed by atoms with E-state index in [0.717, 1.165) is 17.9 Å². The molecule has 134 valence electrons. The molecule has 0 aromatic heterocycles. The summed E-state index contributed by atoms with van der Waals surface area (Å²) in [6.45, 7) is 0.622. The van der Waals surface area contributed by atoms with Crippen molar-refractivity contribution in [2.45, 2.75) is 12.6 Å². The molecule has 0 saturated carbocycles. The van der Waals surface area contributed by atoms with Gasteiger partial charge in [0.2, 0.25) is 0 Å². The van der Waals surface area contributed by atoms with Crippen LogP contribution in [0.15, 0.2) is 54.6 Å². The molecule has 0 saturated heterocycles. The van der Waals surface area contributed by atoms with Crippen molar-refractivity contribution in [1.29, 1.82) is 0 Å². The topological polar surface area (TPSA) is 47.6 Å². The molecule has 0 spiro atoms. The molecule has 0 heterocycles. The van der Waals surface area contributed by atoms with Crippen LogP contribution in [0.25, 0.3) is 0 Å². The van der Waals surface area contributed by atoms with Crippen LogP contribution in [0.2, 0.25) is 0 Å². The summed E-state index contributed by atoms with van der Waals surface area (Å²) in [4.78, 5) is 11.6. The lowest BCUT2D eigenvalue weighted by Gasteiger charge is -2.10. The number of carbonyl (C=O) groups excluding carboxylic acids is 1. The zero-order chi connectivity index (χ0) is 18.1. The van der Waals surface area contributed by atoms with E-state index in [1.807, 2.05) is 30.3 Å². The molecule has 0 aliphatic rings. The first-order valence-electron chi connectivity index (χ1n) is 7.70. The Morgan fingerprint density at radius 1 is 0.920 bits per heavy atom. The Morgan fingerprint density at radius 3 is 2.20 bits per heavy atom. The molecule has 1 amide bonds. The molecule has 0 aliphatic heterocycles. The van der Waals surface area contributed by atoms with Gasteiger partial charge in [-0.25, -0.2) is 0 Å². The van der Waals surface area contributed by atoms with Gasteiger partial charge in [0, 0.05) is 6.54 Å². The van der Waals surface area contributed by atoms with Crippen molar-refractivity contribution >= 4 is 5.91 Å². The predicted octanol–water partition coefficient (Wildman–Crippen LogP) is 3.67. The molecular weight excluding hydrogens is 335 g/mol. The summed E-state index contributed by atoms with van der Waals surface area (Å²) in [5, 5.41) is 2.65. The number of hydrogen-bond donors (Lipinski definition) is 1. The highest BCUT2D eigenvalue weighted by atomic mass is 19.4. The van der Waals surface area contributed by atoms with E-state index < -0.39 is 11.7 Å². The lowest BCUT2D eigenvalue weighted by atomic mass is 10.2. The average molecular weight is 353 g/mol. The number of carbonyl (C=O) groups is 1. The van der Waals surface area contributed by atoms with Crippen LogP contribution in [-0.4, -0.2) is 25.7 Å². The van der Waals surface area contributed by atoms with Crippen LogP contribution in [0.5, 0.6) is 11.5 Å². The fourth-order valence-electron chi connectivity index (χ4n) is 1.95. The SMILES string of the molecule is O=C(COc1ccc(C(F)(F)F)cc1)NCCCOc1ccccc1. The first kappa shape index (κ1) is 18.6. The van der Waals surface area contributed by atoms with Gasteiger partial charge in [-0.15, -0.1) is 0 Å². The number of alkyl halides is 3. The molecule has 0 radical (unpaired) electrons. The molecule has 25 heavy (non-hydrogen) atoms. The summed E-state index contributed by atoms with van der Waals surface area (Å²) in [5.74, 6) is 0.620. The maximum absolute atomic E-state index is 12.4. The monoisotopic (exact) mass is 353 g/mol. The van der Waals surface area contributed by atoms with E-state index >= 15 is 0 Å². The van der Waals surface area contributed by atoms with Gasteiger partial charge in [-0.05, 0) is 42.8 Å². The van der Waals surface area contributed by atoms with Gasteiger partial charge in [-0.2, -0.15) is 13.2 Å². The Labute approximate surface area is 143 Å². The summed E-state index contributed by atoms with van der Waals surface area (Å²) in [5.41, 5.74) is -0.761. The van der Waals surface area contributed by atoms with E-state index in [9.17, 15) is 18.0 Å². The average Bonchev–Trinajstić information content (AvgIpc) is 2.60. The molecule has 7 heteroatoms. The molecule has 0 fully saturated rings. The van der Waals surface area contributed by atoms with Crippen LogP contribution in [0.3, 0.4) is 0 Å². The van der Waals surface area contributed by atoms with Crippen molar-refractivity contribution in [3.63, 3.8) is 0 Å². The van der Waals surface area contributed by atoms with Crippen molar-refractivity contribution in [3.05, 3.63) is 60.2 Å². The number of amides is 1. The molecule has 2 aromatic carbocycles. The second kappa shape index (κ2) is 8.96. The fourth-order valence-corrected chi connectivity index (χ4v) is 1.95. The highest BCUT2D eigenvalue weighted by molar-refractivity contribution is 5.77. The number of para-hydroxylation sites is 1. The van der Waals surface area contributed by atoms with E-state index in [-0.39, 0.29) is 18.3 Å². The zero-order valence-corrected chi connectivity index (χ0v) is 13.4. The van der Waals surface area contributed by atoms with Gasteiger partial charge in [-0.3, -0.25) is 4.79 Å². The van der Waals surface area contributed by atoms with Crippen LogP contribution >= 0.6 is 0 Å². The zero-order valence-electron chi connectivity index (χ0n) is 13.4. The second-order valence-electron chi connectivity index (χ2n) is 5.18. The number of ether oxygens (including phenoxy) is 2. The van der Waals surface area contributed by atoms with E-state index in [0.29, 0.717) is 19.6 Å². The van der Waals surface area contributed by atoms with E-state index in [4.69, 9.17) is 9.47 Å². The summed E-state index contributed by atoms with van der Waals surface area (Å²) >= 11 is 0. The van der Waals surface area contributed by atoms with Crippen molar-refractivity contribution in [2.24, 2.45) is 0 Å². The minimum atomic E-state index is -4.39. The highest BCUT2D eigenvalue weighted by Gasteiger charge is 2.30. The minimum Gasteiger partial charge on any atom is -0.494 e. The van der Waals surface area contributed by atoms with Crippen LogP contribution in [-0.2, 0) is 11.0 Å².